The van der Waals surface area contributed by atoms with Crippen molar-refractivity contribution in [2.75, 3.05) is 0 Å². The summed E-state index contributed by atoms with van der Waals surface area (Å²) in [4.78, 5) is 23.7. The van der Waals surface area contributed by atoms with Crippen LogP contribution in [-0.4, -0.2) is 17.1 Å². The van der Waals surface area contributed by atoms with Crippen LogP contribution in [0.5, 0.6) is 0 Å². The fourth-order valence-electron chi connectivity index (χ4n) is 2.52. The van der Waals surface area contributed by atoms with E-state index in [0.29, 0.717) is 11.3 Å². The Bertz CT molecular complexity index is 739. The predicted molar refractivity (Wildman–Crippen MR) is 81.8 cm³/mol. The van der Waals surface area contributed by atoms with Crippen molar-refractivity contribution in [1.29, 1.82) is 0 Å². The standard InChI is InChI=1S/C17H14N2O3/c20-16(21)13-14(11-7-3-1-4-8-11)18-17(22)19-15(13)12-9-5-2-6-10-12/h1-10,14H,(H,20,21)(H2,18,19,22). The van der Waals surface area contributed by atoms with Crippen molar-refractivity contribution < 1.29 is 14.7 Å². The van der Waals surface area contributed by atoms with E-state index in [9.17, 15) is 14.7 Å². The quantitative estimate of drug-likeness (QED) is 0.814. The van der Waals surface area contributed by atoms with Crippen LogP contribution in [0.15, 0.2) is 66.2 Å². The molecule has 2 aromatic rings. The second-order valence-corrected chi connectivity index (χ2v) is 4.90. The van der Waals surface area contributed by atoms with E-state index < -0.39 is 18.0 Å². The monoisotopic (exact) mass is 294 g/mol. The Morgan fingerprint density at radius 3 is 2.14 bits per heavy atom. The maximum atomic E-state index is 11.9. The van der Waals surface area contributed by atoms with Gasteiger partial charge in [0.05, 0.1) is 17.3 Å². The predicted octanol–water partition coefficient (Wildman–Crippen LogP) is 2.54. The van der Waals surface area contributed by atoms with Gasteiger partial charge < -0.3 is 15.7 Å². The fraction of sp³-hybridized carbons (Fsp3) is 0.0588. The summed E-state index contributed by atoms with van der Waals surface area (Å²) in [7, 11) is 0. The van der Waals surface area contributed by atoms with Crippen LogP contribution in [-0.2, 0) is 4.79 Å². The van der Waals surface area contributed by atoms with Crippen molar-refractivity contribution in [2.24, 2.45) is 0 Å². The number of hydrogen-bond acceptors (Lipinski definition) is 2. The summed E-state index contributed by atoms with van der Waals surface area (Å²) < 4.78 is 0. The first kappa shape index (κ1) is 13.9. The second kappa shape index (κ2) is 5.73. The van der Waals surface area contributed by atoms with Crippen molar-refractivity contribution >= 4 is 17.7 Å². The van der Waals surface area contributed by atoms with Crippen LogP contribution in [0, 0.1) is 0 Å². The summed E-state index contributed by atoms with van der Waals surface area (Å²) in [5, 5.41) is 14.9. The maximum absolute atomic E-state index is 11.9. The van der Waals surface area contributed by atoms with Gasteiger partial charge in [0.25, 0.3) is 0 Å². The lowest BCUT2D eigenvalue weighted by molar-refractivity contribution is -0.133. The molecule has 5 heteroatoms. The number of nitrogens with one attached hydrogen (secondary N) is 2. The van der Waals surface area contributed by atoms with Crippen molar-refractivity contribution in [3.8, 4) is 0 Å². The Kier molecular flexibility index (Phi) is 3.62. The van der Waals surface area contributed by atoms with E-state index in [1.807, 2.05) is 24.3 Å². The maximum Gasteiger partial charge on any atom is 0.336 e. The minimum atomic E-state index is -1.07. The van der Waals surface area contributed by atoms with Gasteiger partial charge in [0.2, 0.25) is 0 Å². The molecular weight excluding hydrogens is 280 g/mol. The van der Waals surface area contributed by atoms with Gasteiger partial charge in [-0.1, -0.05) is 60.7 Å². The molecule has 22 heavy (non-hydrogen) atoms. The number of carbonyl (C=O) groups is 2. The van der Waals surface area contributed by atoms with Gasteiger partial charge in [0, 0.05) is 0 Å². The first-order valence-corrected chi connectivity index (χ1v) is 6.82. The second-order valence-electron chi connectivity index (χ2n) is 4.90. The summed E-state index contributed by atoms with van der Waals surface area (Å²) in [5.74, 6) is -1.07. The topological polar surface area (TPSA) is 78.4 Å². The molecule has 3 N–H and O–H groups in total. The van der Waals surface area contributed by atoms with Gasteiger partial charge in [-0.15, -0.1) is 0 Å². The van der Waals surface area contributed by atoms with Crippen LogP contribution in [0.4, 0.5) is 4.79 Å². The minimum Gasteiger partial charge on any atom is -0.478 e. The third-order valence-corrected chi connectivity index (χ3v) is 3.50. The van der Waals surface area contributed by atoms with E-state index in [0.717, 1.165) is 5.56 Å². The molecule has 1 aliphatic heterocycles. The fourth-order valence-corrected chi connectivity index (χ4v) is 2.52. The summed E-state index contributed by atoms with van der Waals surface area (Å²) in [5.41, 5.74) is 1.83. The molecule has 0 aliphatic carbocycles. The van der Waals surface area contributed by atoms with Crippen LogP contribution < -0.4 is 10.6 Å². The van der Waals surface area contributed by atoms with Gasteiger partial charge in [-0.05, 0) is 11.1 Å². The molecule has 2 aromatic carbocycles. The smallest absolute Gasteiger partial charge is 0.336 e. The molecule has 1 heterocycles. The molecule has 0 bridgehead atoms. The van der Waals surface area contributed by atoms with E-state index in [-0.39, 0.29) is 5.57 Å². The molecule has 110 valence electrons. The van der Waals surface area contributed by atoms with Crippen molar-refractivity contribution in [1.82, 2.24) is 10.6 Å². The molecule has 0 aromatic heterocycles. The van der Waals surface area contributed by atoms with E-state index in [1.54, 1.807) is 36.4 Å². The van der Waals surface area contributed by atoms with Gasteiger partial charge in [-0.25, -0.2) is 9.59 Å². The number of benzene rings is 2. The number of carboxylic acid groups (broad SMARTS) is 1. The van der Waals surface area contributed by atoms with Crippen molar-refractivity contribution in [2.45, 2.75) is 6.04 Å². The zero-order chi connectivity index (χ0) is 15.5. The Labute approximate surface area is 127 Å². The van der Waals surface area contributed by atoms with E-state index in [4.69, 9.17) is 0 Å². The molecule has 2 amide bonds. The number of carbonyl (C=O) groups excluding carboxylic acids is 1. The molecular formula is C17H14N2O3. The number of carboxylic acids is 1. The van der Waals surface area contributed by atoms with Crippen molar-refractivity contribution in [3.63, 3.8) is 0 Å². The minimum absolute atomic E-state index is 0.122. The lowest BCUT2D eigenvalue weighted by Gasteiger charge is -2.28. The highest BCUT2D eigenvalue weighted by molar-refractivity contribution is 6.03. The zero-order valence-corrected chi connectivity index (χ0v) is 11.6. The van der Waals surface area contributed by atoms with Crippen LogP contribution in [0.3, 0.4) is 0 Å². The molecule has 5 nitrogen and oxygen atoms in total. The third-order valence-electron chi connectivity index (χ3n) is 3.50. The van der Waals surface area contributed by atoms with Crippen molar-refractivity contribution in [3.05, 3.63) is 77.4 Å². The highest BCUT2D eigenvalue weighted by atomic mass is 16.4. The van der Waals surface area contributed by atoms with Gasteiger partial charge >= 0.3 is 12.0 Å². The average Bonchev–Trinajstić information content (AvgIpc) is 2.55. The van der Waals surface area contributed by atoms with Crippen LogP contribution in [0.1, 0.15) is 17.2 Å². The van der Waals surface area contributed by atoms with Gasteiger partial charge in [0.1, 0.15) is 0 Å². The highest BCUT2D eigenvalue weighted by Gasteiger charge is 2.33. The number of aliphatic carboxylic acids is 1. The van der Waals surface area contributed by atoms with E-state index in [1.165, 1.54) is 0 Å². The number of urea groups is 1. The third kappa shape index (κ3) is 2.56. The average molecular weight is 294 g/mol. The summed E-state index contributed by atoms with van der Waals surface area (Å²) >= 11 is 0. The lowest BCUT2D eigenvalue weighted by atomic mass is 9.93. The van der Waals surface area contributed by atoms with Gasteiger partial charge in [-0.2, -0.15) is 0 Å². The van der Waals surface area contributed by atoms with Crippen LogP contribution in [0.25, 0.3) is 5.70 Å². The summed E-state index contributed by atoms with van der Waals surface area (Å²) in [6, 6.07) is 16.9. The molecule has 0 fully saturated rings. The highest BCUT2D eigenvalue weighted by Crippen LogP contribution is 2.30. The normalized spacial score (nSPS) is 17.6. The van der Waals surface area contributed by atoms with Gasteiger partial charge in [0.15, 0.2) is 0 Å². The van der Waals surface area contributed by atoms with Crippen LogP contribution in [0.2, 0.25) is 0 Å². The Hall–Kier alpha value is -3.08. The molecule has 1 unspecified atom stereocenters. The Morgan fingerprint density at radius 2 is 1.55 bits per heavy atom. The number of amides is 2. The molecule has 0 radical (unpaired) electrons. The Morgan fingerprint density at radius 1 is 0.955 bits per heavy atom. The largest absolute Gasteiger partial charge is 0.478 e. The molecule has 0 saturated carbocycles. The van der Waals surface area contributed by atoms with Crippen LogP contribution >= 0.6 is 0 Å². The van der Waals surface area contributed by atoms with Gasteiger partial charge in [-0.3, -0.25) is 0 Å². The van der Waals surface area contributed by atoms with E-state index >= 15 is 0 Å². The number of rotatable bonds is 3. The molecule has 0 spiro atoms. The first-order valence-electron chi connectivity index (χ1n) is 6.82. The summed E-state index contributed by atoms with van der Waals surface area (Å²) in [6.07, 6.45) is 0. The first-order chi connectivity index (χ1) is 10.7. The molecule has 3 rings (SSSR count). The van der Waals surface area contributed by atoms with E-state index in [2.05, 4.69) is 10.6 Å². The zero-order valence-electron chi connectivity index (χ0n) is 11.6. The molecule has 1 aliphatic rings. The molecule has 1 atom stereocenters. The SMILES string of the molecule is O=C1NC(c2ccccc2)=C(C(=O)O)C(c2ccccc2)N1. The number of hydrogen-bond donors (Lipinski definition) is 3. The molecule has 0 saturated heterocycles. The Balaban J connectivity index is 2.18. The summed E-state index contributed by atoms with van der Waals surface area (Å²) in [6.45, 7) is 0. The lowest BCUT2D eigenvalue weighted by Crippen LogP contribution is -2.45.